The van der Waals surface area contributed by atoms with E-state index in [1.54, 1.807) is 7.05 Å². The third-order valence-electron chi connectivity index (χ3n) is 0.463. The minimum atomic E-state index is 0. The van der Waals surface area contributed by atoms with Crippen LogP contribution in [0.2, 0.25) is 0 Å². The number of hydrogen-bond donors (Lipinski definition) is 0. The predicted molar refractivity (Wildman–Crippen MR) is 24.3 cm³/mol. The van der Waals surface area contributed by atoms with Gasteiger partial charge in [-0.15, -0.1) is 0 Å². The standard InChI is InChI=1S/C3H8N2O.Zn/c1-4-5(2)6-3;/h1H2,2-3H3;. The van der Waals surface area contributed by atoms with Gasteiger partial charge in [0.25, 0.3) is 0 Å². The van der Waals surface area contributed by atoms with Gasteiger partial charge in [-0.05, 0) is 0 Å². The van der Waals surface area contributed by atoms with Crippen molar-refractivity contribution >= 4 is 6.72 Å². The van der Waals surface area contributed by atoms with Crippen molar-refractivity contribution in [3.63, 3.8) is 0 Å². The van der Waals surface area contributed by atoms with Crippen molar-refractivity contribution in [2.24, 2.45) is 5.10 Å². The van der Waals surface area contributed by atoms with Gasteiger partial charge < -0.3 is 0 Å². The molecule has 38 valence electrons. The van der Waals surface area contributed by atoms with E-state index < -0.39 is 0 Å². The van der Waals surface area contributed by atoms with E-state index in [9.17, 15) is 0 Å². The van der Waals surface area contributed by atoms with Crippen LogP contribution in [0.4, 0.5) is 0 Å². The summed E-state index contributed by atoms with van der Waals surface area (Å²) < 4.78 is 0. The summed E-state index contributed by atoms with van der Waals surface area (Å²) in [5.41, 5.74) is 0. The average molecular weight is 154 g/mol. The van der Waals surface area contributed by atoms with Crippen LogP contribution in [0, 0.1) is 0 Å². The number of hydrogen-bond acceptors (Lipinski definition) is 3. The second-order valence-corrected chi connectivity index (χ2v) is 0.788. The SMILES string of the molecule is C=NN(C)OC.[Zn]. The maximum Gasteiger partial charge on any atom is 0.0657 e. The summed E-state index contributed by atoms with van der Waals surface area (Å²) >= 11 is 0. The predicted octanol–water partition coefficient (Wildman–Crippen LogP) is 0.0927. The fourth-order valence-electron chi connectivity index (χ4n) is 0.0577. The molecule has 0 atom stereocenters. The van der Waals surface area contributed by atoms with Gasteiger partial charge in [0.1, 0.15) is 0 Å². The van der Waals surface area contributed by atoms with E-state index in [1.807, 2.05) is 0 Å². The second kappa shape index (κ2) is 6.05. The van der Waals surface area contributed by atoms with Gasteiger partial charge in [-0.3, -0.25) is 4.84 Å². The topological polar surface area (TPSA) is 24.8 Å². The van der Waals surface area contributed by atoms with E-state index in [0.29, 0.717) is 0 Å². The quantitative estimate of drug-likeness (QED) is 0.319. The van der Waals surface area contributed by atoms with Gasteiger partial charge in [0, 0.05) is 26.2 Å². The summed E-state index contributed by atoms with van der Waals surface area (Å²) in [6.45, 7) is 3.18. The van der Waals surface area contributed by atoms with Crippen LogP contribution in [-0.4, -0.2) is 26.0 Å². The zero-order valence-corrected chi connectivity index (χ0v) is 7.68. The number of hydrazone groups is 1. The Labute approximate surface area is 56.0 Å². The van der Waals surface area contributed by atoms with Crippen LogP contribution in [0.15, 0.2) is 5.10 Å². The Balaban J connectivity index is 0. The molecule has 0 rings (SSSR count). The molecule has 0 aromatic heterocycles. The van der Waals surface area contributed by atoms with Gasteiger partial charge in [0.15, 0.2) is 0 Å². The Morgan fingerprint density at radius 1 is 1.71 bits per heavy atom. The molecule has 0 N–H and O–H groups in total. The number of hydroxylamine groups is 1. The summed E-state index contributed by atoms with van der Waals surface area (Å²) in [7, 11) is 3.18. The second-order valence-electron chi connectivity index (χ2n) is 0.788. The van der Waals surface area contributed by atoms with Crippen LogP contribution in [-0.2, 0) is 24.3 Å². The zero-order valence-electron chi connectivity index (χ0n) is 4.72. The van der Waals surface area contributed by atoms with Gasteiger partial charge in [-0.25, -0.2) is 0 Å². The van der Waals surface area contributed by atoms with Crippen molar-refractivity contribution in [1.29, 1.82) is 0 Å². The molecule has 0 aliphatic carbocycles. The largest absolute Gasteiger partial charge is 0.260 e. The van der Waals surface area contributed by atoms with Crippen molar-refractivity contribution < 1.29 is 24.3 Å². The van der Waals surface area contributed by atoms with Crippen LogP contribution in [0.5, 0.6) is 0 Å². The molecular formula is C3H8N2OZn. The first-order valence-electron chi connectivity index (χ1n) is 1.55. The molecule has 3 nitrogen and oxygen atoms in total. The molecule has 0 saturated carbocycles. The maximum atomic E-state index is 4.50. The minimum absolute atomic E-state index is 0. The number of rotatable bonds is 2. The molecular weight excluding hydrogens is 145 g/mol. The van der Waals surface area contributed by atoms with Crippen molar-refractivity contribution in [3.8, 4) is 0 Å². The van der Waals surface area contributed by atoms with Gasteiger partial charge in [-0.1, -0.05) is 0 Å². The van der Waals surface area contributed by atoms with Crippen LogP contribution < -0.4 is 0 Å². The Kier molecular flexibility index (Phi) is 8.75. The molecule has 0 saturated heterocycles. The average Bonchev–Trinajstić information content (AvgIpc) is 1.65. The van der Waals surface area contributed by atoms with E-state index >= 15 is 0 Å². The molecule has 4 heteroatoms. The van der Waals surface area contributed by atoms with Crippen LogP contribution in [0.3, 0.4) is 0 Å². The summed E-state index contributed by atoms with van der Waals surface area (Å²) in [5, 5.41) is 4.63. The molecule has 0 spiro atoms. The molecule has 0 aliphatic heterocycles. The van der Waals surface area contributed by atoms with E-state index in [-0.39, 0.29) is 19.5 Å². The van der Waals surface area contributed by atoms with Crippen molar-refractivity contribution in [2.45, 2.75) is 0 Å². The zero-order chi connectivity index (χ0) is 4.99. The molecule has 0 heterocycles. The van der Waals surface area contributed by atoms with Gasteiger partial charge in [-0.2, -0.15) is 10.3 Å². The van der Waals surface area contributed by atoms with Gasteiger partial charge in [0.2, 0.25) is 0 Å². The Morgan fingerprint density at radius 3 is 2.14 bits per heavy atom. The fourth-order valence-corrected chi connectivity index (χ4v) is 0.0577. The Morgan fingerprint density at radius 2 is 2.14 bits per heavy atom. The monoisotopic (exact) mass is 152 g/mol. The van der Waals surface area contributed by atoms with E-state index in [4.69, 9.17) is 0 Å². The molecule has 0 fully saturated rings. The molecule has 0 amide bonds. The van der Waals surface area contributed by atoms with Crippen LogP contribution in [0.1, 0.15) is 0 Å². The molecule has 0 bridgehead atoms. The minimum Gasteiger partial charge on any atom is -0.260 e. The van der Waals surface area contributed by atoms with E-state index in [2.05, 4.69) is 16.7 Å². The summed E-state index contributed by atoms with van der Waals surface area (Å²) in [4.78, 5) is 4.50. The van der Waals surface area contributed by atoms with Crippen LogP contribution >= 0.6 is 0 Å². The van der Waals surface area contributed by atoms with Crippen LogP contribution in [0.25, 0.3) is 0 Å². The smallest absolute Gasteiger partial charge is 0.0657 e. The molecule has 7 heavy (non-hydrogen) atoms. The molecule has 0 aromatic carbocycles. The maximum absolute atomic E-state index is 4.50. The first-order valence-corrected chi connectivity index (χ1v) is 1.55. The number of nitrogens with zero attached hydrogens (tertiary/aromatic N) is 2. The van der Waals surface area contributed by atoms with E-state index in [1.165, 1.54) is 12.3 Å². The molecule has 0 radical (unpaired) electrons. The van der Waals surface area contributed by atoms with Crippen molar-refractivity contribution in [2.75, 3.05) is 14.2 Å². The first-order chi connectivity index (χ1) is 2.81. The normalized spacial score (nSPS) is 6.57. The Bertz CT molecular complexity index is 50.2. The third-order valence-corrected chi connectivity index (χ3v) is 0.463. The van der Waals surface area contributed by atoms with Gasteiger partial charge in [0.05, 0.1) is 14.2 Å². The van der Waals surface area contributed by atoms with E-state index in [0.717, 1.165) is 0 Å². The Hall–Kier alpha value is 0.0534. The van der Waals surface area contributed by atoms with Gasteiger partial charge >= 0.3 is 0 Å². The summed E-state index contributed by atoms with van der Waals surface area (Å²) in [6.07, 6.45) is 0. The molecule has 0 aliphatic rings. The summed E-state index contributed by atoms with van der Waals surface area (Å²) in [6, 6.07) is 0. The summed E-state index contributed by atoms with van der Waals surface area (Å²) in [5.74, 6) is 0. The third kappa shape index (κ3) is 6.05. The van der Waals surface area contributed by atoms with Crippen molar-refractivity contribution in [1.82, 2.24) is 5.17 Å². The fraction of sp³-hybridized carbons (Fsp3) is 0.667. The van der Waals surface area contributed by atoms with Crippen molar-refractivity contribution in [3.05, 3.63) is 0 Å². The first kappa shape index (κ1) is 10.1. The molecule has 0 unspecified atom stereocenters. The molecule has 0 aromatic rings.